The molecule has 2 aliphatic rings. The number of aromatic nitrogens is 1. The highest BCUT2D eigenvalue weighted by atomic mass is 15.2. The molecule has 3 rings (SSSR count). The molecule has 2 saturated heterocycles. The fourth-order valence-corrected chi connectivity index (χ4v) is 3.50. The van der Waals surface area contributed by atoms with Crippen LogP contribution in [0.25, 0.3) is 0 Å². The second-order valence-corrected chi connectivity index (χ2v) is 6.60. The zero-order valence-electron chi connectivity index (χ0n) is 12.7. The standard InChI is InChI=1S/C17H27N3/c1-15-5-10-19(11-6-15)14-16-7-12-20(13-8-16)17-4-2-3-9-18-17/h2-4,9,15-16H,5-8,10-14H2,1H3. The van der Waals surface area contributed by atoms with Gasteiger partial charge in [0.2, 0.25) is 0 Å². The second-order valence-electron chi connectivity index (χ2n) is 6.60. The van der Waals surface area contributed by atoms with Crippen molar-refractivity contribution in [3.63, 3.8) is 0 Å². The number of hydrogen-bond donors (Lipinski definition) is 0. The van der Waals surface area contributed by atoms with E-state index in [2.05, 4.69) is 33.8 Å². The van der Waals surface area contributed by atoms with Gasteiger partial charge in [-0.3, -0.25) is 0 Å². The van der Waals surface area contributed by atoms with E-state index < -0.39 is 0 Å². The van der Waals surface area contributed by atoms with E-state index in [1.54, 1.807) is 0 Å². The molecule has 0 atom stereocenters. The zero-order valence-corrected chi connectivity index (χ0v) is 12.7. The number of likely N-dealkylation sites (tertiary alicyclic amines) is 1. The first kappa shape index (κ1) is 13.9. The van der Waals surface area contributed by atoms with Crippen LogP contribution in [0.5, 0.6) is 0 Å². The maximum atomic E-state index is 4.47. The number of pyridine rings is 1. The zero-order chi connectivity index (χ0) is 13.8. The van der Waals surface area contributed by atoms with Gasteiger partial charge >= 0.3 is 0 Å². The average molecular weight is 273 g/mol. The lowest BCUT2D eigenvalue weighted by Gasteiger charge is -2.37. The van der Waals surface area contributed by atoms with Crippen molar-refractivity contribution in [1.29, 1.82) is 0 Å². The molecule has 2 fully saturated rings. The van der Waals surface area contributed by atoms with Crippen LogP contribution in [-0.4, -0.2) is 42.6 Å². The molecule has 110 valence electrons. The predicted molar refractivity (Wildman–Crippen MR) is 84.0 cm³/mol. The molecule has 0 N–H and O–H groups in total. The molecule has 0 unspecified atom stereocenters. The summed E-state index contributed by atoms with van der Waals surface area (Å²) < 4.78 is 0. The van der Waals surface area contributed by atoms with Gasteiger partial charge in [-0.25, -0.2) is 4.98 Å². The van der Waals surface area contributed by atoms with Crippen molar-refractivity contribution in [1.82, 2.24) is 9.88 Å². The Bertz CT molecular complexity index is 390. The molecule has 3 heterocycles. The maximum Gasteiger partial charge on any atom is 0.128 e. The summed E-state index contributed by atoms with van der Waals surface area (Å²) in [6.07, 6.45) is 7.33. The topological polar surface area (TPSA) is 19.4 Å². The Morgan fingerprint density at radius 1 is 1.05 bits per heavy atom. The van der Waals surface area contributed by atoms with Crippen LogP contribution in [0.2, 0.25) is 0 Å². The summed E-state index contributed by atoms with van der Waals surface area (Å²) in [5.41, 5.74) is 0. The molecule has 1 aromatic heterocycles. The minimum atomic E-state index is 0.892. The van der Waals surface area contributed by atoms with Crippen LogP contribution in [0, 0.1) is 11.8 Å². The van der Waals surface area contributed by atoms with Crippen LogP contribution in [0.4, 0.5) is 5.82 Å². The van der Waals surface area contributed by atoms with Crippen molar-refractivity contribution in [3.8, 4) is 0 Å². The van der Waals surface area contributed by atoms with Crippen LogP contribution in [0.1, 0.15) is 32.6 Å². The van der Waals surface area contributed by atoms with Crippen LogP contribution in [0.3, 0.4) is 0 Å². The van der Waals surface area contributed by atoms with Crippen molar-refractivity contribution in [2.45, 2.75) is 32.6 Å². The third-order valence-corrected chi connectivity index (χ3v) is 4.98. The molecule has 0 bridgehead atoms. The van der Waals surface area contributed by atoms with E-state index >= 15 is 0 Å². The molecular formula is C17H27N3. The quantitative estimate of drug-likeness (QED) is 0.844. The molecule has 0 spiro atoms. The van der Waals surface area contributed by atoms with E-state index in [-0.39, 0.29) is 0 Å². The minimum absolute atomic E-state index is 0.892. The minimum Gasteiger partial charge on any atom is -0.357 e. The highest BCUT2D eigenvalue weighted by Gasteiger charge is 2.23. The molecule has 0 amide bonds. The van der Waals surface area contributed by atoms with Gasteiger partial charge in [0.15, 0.2) is 0 Å². The van der Waals surface area contributed by atoms with E-state index in [1.165, 1.54) is 58.4 Å². The van der Waals surface area contributed by atoms with E-state index in [9.17, 15) is 0 Å². The number of hydrogen-bond acceptors (Lipinski definition) is 3. The van der Waals surface area contributed by atoms with Crippen LogP contribution in [0.15, 0.2) is 24.4 Å². The molecule has 2 aliphatic heterocycles. The molecule has 20 heavy (non-hydrogen) atoms. The summed E-state index contributed by atoms with van der Waals surface area (Å²) >= 11 is 0. The van der Waals surface area contributed by atoms with Crippen molar-refractivity contribution in [2.75, 3.05) is 37.6 Å². The van der Waals surface area contributed by atoms with E-state index in [4.69, 9.17) is 0 Å². The van der Waals surface area contributed by atoms with E-state index in [1.807, 2.05) is 12.3 Å². The average Bonchev–Trinajstić information content (AvgIpc) is 2.51. The van der Waals surface area contributed by atoms with Crippen LogP contribution >= 0.6 is 0 Å². The molecule has 0 saturated carbocycles. The number of piperidine rings is 2. The Kier molecular flexibility index (Phi) is 4.56. The van der Waals surface area contributed by atoms with E-state index in [0.29, 0.717) is 0 Å². The van der Waals surface area contributed by atoms with E-state index in [0.717, 1.165) is 17.7 Å². The largest absolute Gasteiger partial charge is 0.357 e. The SMILES string of the molecule is CC1CCN(CC2CCN(c3ccccn3)CC2)CC1. The summed E-state index contributed by atoms with van der Waals surface area (Å²) in [5.74, 6) is 2.98. The van der Waals surface area contributed by atoms with Gasteiger partial charge in [0.05, 0.1) is 0 Å². The first-order valence-corrected chi connectivity index (χ1v) is 8.19. The molecule has 0 aliphatic carbocycles. The summed E-state index contributed by atoms with van der Waals surface area (Å²) in [4.78, 5) is 9.60. The van der Waals surface area contributed by atoms with Gasteiger partial charge in [0, 0.05) is 25.8 Å². The number of rotatable bonds is 3. The maximum absolute atomic E-state index is 4.47. The normalized spacial score (nSPS) is 23.1. The number of nitrogens with zero attached hydrogens (tertiary/aromatic N) is 3. The van der Waals surface area contributed by atoms with Gasteiger partial charge in [-0.2, -0.15) is 0 Å². The van der Waals surface area contributed by atoms with Crippen LogP contribution in [-0.2, 0) is 0 Å². The molecule has 1 aromatic rings. The highest BCUT2D eigenvalue weighted by molar-refractivity contribution is 5.37. The van der Waals surface area contributed by atoms with Gasteiger partial charge in [0.1, 0.15) is 5.82 Å². The lowest BCUT2D eigenvalue weighted by molar-refractivity contribution is 0.156. The second kappa shape index (κ2) is 6.57. The van der Waals surface area contributed by atoms with Gasteiger partial charge in [-0.1, -0.05) is 13.0 Å². The van der Waals surface area contributed by atoms with Crippen molar-refractivity contribution >= 4 is 5.82 Å². The third-order valence-electron chi connectivity index (χ3n) is 4.98. The summed E-state index contributed by atoms with van der Waals surface area (Å²) in [5, 5.41) is 0. The van der Waals surface area contributed by atoms with Crippen LogP contribution < -0.4 is 4.90 Å². The number of anilines is 1. The van der Waals surface area contributed by atoms with Crippen molar-refractivity contribution in [3.05, 3.63) is 24.4 Å². The Balaban J connectivity index is 1.44. The molecule has 3 heteroatoms. The molecule has 0 aromatic carbocycles. The molecular weight excluding hydrogens is 246 g/mol. The highest BCUT2D eigenvalue weighted by Crippen LogP contribution is 2.24. The van der Waals surface area contributed by atoms with Crippen molar-refractivity contribution < 1.29 is 0 Å². The monoisotopic (exact) mass is 273 g/mol. The Hall–Kier alpha value is -1.09. The smallest absolute Gasteiger partial charge is 0.128 e. The van der Waals surface area contributed by atoms with Gasteiger partial charge < -0.3 is 9.80 Å². The molecule has 3 nitrogen and oxygen atoms in total. The summed E-state index contributed by atoms with van der Waals surface area (Å²) in [7, 11) is 0. The first-order valence-electron chi connectivity index (χ1n) is 8.19. The van der Waals surface area contributed by atoms with Crippen molar-refractivity contribution in [2.24, 2.45) is 11.8 Å². The van der Waals surface area contributed by atoms with Gasteiger partial charge in [0.25, 0.3) is 0 Å². The lowest BCUT2D eigenvalue weighted by atomic mass is 9.93. The van der Waals surface area contributed by atoms with Gasteiger partial charge in [-0.15, -0.1) is 0 Å². The van der Waals surface area contributed by atoms with Gasteiger partial charge in [-0.05, 0) is 62.7 Å². The summed E-state index contributed by atoms with van der Waals surface area (Å²) in [6, 6.07) is 6.21. The first-order chi connectivity index (χ1) is 9.81. The fraction of sp³-hybridized carbons (Fsp3) is 0.706. The molecule has 0 radical (unpaired) electrons. The third kappa shape index (κ3) is 3.51. The predicted octanol–water partition coefficient (Wildman–Crippen LogP) is 3.03. The Labute approximate surface area is 123 Å². The lowest BCUT2D eigenvalue weighted by Crippen LogP contribution is -2.41. The Morgan fingerprint density at radius 3 is 2.45 bits per heavy atom. The fourth-order valence-electron chi connectivity index (χ4n) is 3.50. The Morgan fingerprint density at radius 2 is 1.80 bits per heavy atom. The summed E-state index contributed by atoms with van der Waals surface area (Å²) in [6.45, 7) is 8.70.